The third kappa shape index (κ3) is 2.55. The van der Waals surface area contributed by atoms with E-state index in [1.807, 2.05) is 6.92 Å². The average molecular weight is 292 g/mol. The van der Waals surface area contributed by atoms with Gasteiger partial charge in [-0.15, -0.1) is 0 Å². The molecule has 3 N–H and O–H groups in total. The van der Waals surface area contributed by atoms with Crippen molar-refractivity contribution in [1.29, 1.82) is 0 Å². The van der Waals surface area contributed by atoms with Crippen LogP contribution in [0.5, 0.6) is 5.75 Å². The third-order valence-corrected chi connectivity index (χ3v) is 4.88. The normalized spacial score (nSPS) is 11.3. The number of phenolic OH excluding ortho intramolecular Hbond substituents is 1. The molecule has 0 aromatic heterocycles. The number of aromatic hydroxyl groups is 1. The molecule has 0 unspecified atom stereocenters. The zero-order valence-corrected chi connectivity index (χ0v) is 12.1. The van der Waals surface area contributed by atoms with Gasteiger partial charge in [0, 0.05) is 7.05 Å². The van der Waals surface area contributed by atoms with Crippen LogP contribution in [0.1, 0.15) is 5.56 Å². The molecule has 0 aliphatic carbocycles. The summed E-state index contributed by atoms with van der Waals surface area (Å²) in [5.74, 6) is 0.0781. The number of phenols is 1. The summed E-state index contributed by atoms with van der Waals surface area (Å²) in [5.41, 5.74) is 7.36. The quantitative estimate of drug-likeness (QED) is 0.849. The van der Waals surface area contributed by atoms with E-state index in [0.29, 0.717) is 5.69 Å². The number of nitrogen functional groups attached to an aromatic ring is 1. The van der Waals surface area contributed by atoms with E-state index < -0.39 is 10.0 Å². The average Bonchev–Trinajstić information content (AvgIpc) is 2.38. The first-order chi connectivity index (χ1) is 9.32. The van der Waals surface area contributed by atoms with Crippen LogP contribution in [0.3, 0.4) is 0 Å². The van der Waals surface area contributed by atoms with E-state index in [-0.39, 0.29) is 16.3 Å². The van der Waals surface area contributed by atoms with E-state index in [1.54, 1.807) is 12.1 Å². The van der Waals surface area contributed by atoms with Crippen molar-refractivity contribution in [2.45, 2.75) is 11.8 Å². The van der Waals surface area contributed by atoms with Crippen LogP contribution in [0, 0.1) is 6.92 Å². The molecule has 0 aliphatic heterocycles. The molecule has 20 heavy (non-hydrogen) atoms. The molecular weight excluding hydrogens is 276 g/mol. The highest BCUT2D eigenvalue weighted by molar-refractivity contribution is 7.93. The minimum Gasteiger partial charge on any atom is -0.508 e. The Bertz CT molecular complexity index is 725. The number of nitrogens with two attached hydrogens (primary N) is 1. The first-order valence-corrected chi connectivity index (χ1v) is 7.40. The summed E-state index contributed by atoms with van der Waals surface area (Å²) in [4.78, 5) is 0.0682. The van der Waals surface area contributed by atoms with Gasteiger partial charge in [0.15, 0.2) is 0 Å². The molecule has 2 aromatic rings. The predicted molar refractivity (Wildman–Crippen MR) is 79.3 cm³/mol. The second-order valence-electron chi connectivity index (χ2n) is 4.53. The maximum atomic E-state index is 12.5. The van der Waals surface area contributed by atoms with Gasteiger partial charge >= 0.3 is 0 Å². The first kappa shape index (κ1) is 14.2. The summed E-state index contributed by atoms with van der Waals surface area (Å²) in [6.45, 7) is 1.84. The zero-order chi connectivity index (χ0) is 14.9. The van der Waals surface area contributed by atoms with Crippen LogP contribution >= 0.6 is 0 Å². The van der Waals surface area contributed by atoms with Crippen LogP contribution in [0.25, 0.3) is 0 Å². The fourth-order valence-corrected chi connectivity index (χ4v) is 3.14. The molecule has 0 fully saturated rings. The summed E-state index contributed by atoms with van der Waals surface area (Å²) in [5, 5.41) is 9.24. The Morgan fingerprint density at radius 2 is 1.70 bits per heavy atom. The predicted octanol–water partition coefficient (Wildman–Crippen LogP) is 2.11. The van der Waals surface area contributed by atoms with Crippen molar-refractivity contribution in [1.82, 2.24) is 0 Å². The summed E-state index contributed by atoms with van der Waals surface area (Å²) >= 11 is 0. The van der Waals surface area contributed by atoms with Crippen molar-refractivity contribution in [2.24, 2.45) is 0 Å². The van der Waals surface area contributed by atoms with Crippen LogP contribution in [0.15, 0.2) is 47.4 Å². The Kier molecular flexibility index (Phi) is 3.59. The highest BCUT2D eigenvalue weighted by Crippen LogP contribution is 2.27. The monoisotopic (exact) mass is 292 g/mol. The van der Waals surface area contributed by atoms with Gasteiger partial charge in [0.05, 0.1) is 11.4 Å². The van der Waals surface area contributed by atoms with Crippen LogP contribution < -0.4 is 10.0 Å². The maximum absolute atomic E-state index is 12.5. The number of aryl methyl sites for hydroxylation is 1. The molecule has 2 rings (SSSR count). The number of benzene rings is 2. The van der Waals surface area contributed by atoms with Crippen molar-refractivity contribution in [2.75, 3.05) is 17.1 Å². The van der Waals surface area contributed by atoms with E-state index in [1.165, 1.54) is 37.4 Å². The van der Waals surface area contributed by atoms with Gasteiger partial charge in [-0.05, 0) is 48.9 Å². The summed E-state index contributed by atoms with van der Waals surface area (Å²) in [6, 6.07) is 10.7. The fraction of sp³-hybridized carbons (Fsp3) is 0.143. The molecule has 0 saturated carbocycles. The molecule has 0 atom stereocenters. The van der Waals surface area contributed by atoms with Gasteiger partial charge in [-0.3, -0.25) is 4.31 Å². The van der Waals surface area contributed by atoms with Crippen molar-refractivity contribution < 1.29 is 13.5 Å². The number of rotatable bonds is 3. The lowest BCUT2D eigenvalue weighted by molar-refractivity contribution is 0.475. The molecular formula is C14H16N2O3S. The van der Waals surface area contributed by atoms with Crippen LogP contribution in [-0.4, -0.2) is 20.6 Å². The zero-order valence-electron chi connectivity index (χ0n) is 11.2. The van der Waals surface area contributed by atoms with E-state index in [2.05, 4.69) is 0 Å². The molecule has 0 spiro atoms. The lowest BCUT2D eigenvalue weighted by Crippen LogP contribution is -2.27. The molecule has 0 saturated heterocycles. The SMILES string of the molecule is Cc1ccc(S(=O)(=O)N(C)c2ccc(O)cc2)c(N)c1. The highest BCUT2D eigenvalue weighted by Gasteiger charge is 2.23. The lowest BCUT2D eigenvalue weighted by Gasteiger charge is -2.20. The first-order valence-electron chi connectivity index (χ1n) is 5.96. The van der Waals surface area contributed by atoms with E-state index in [0.717, 1.165) is 9.87 Å². The van der Waals surface area contributed by atoms with Crippen molar-refractivity contribution in [3.05, 3.63) is 48.0 Å². The summed E-state index contributed by atoms with van der Waals surface area (Å²) < 4.78 is 26.2. The highest BCUT2D eigenvalue weighted by atomic mass is 32.2. The van der Waals surface area contributed by atoms with Crippen molar-refractivity contribution >= 4 is 21.4 Å². The minimum absolute atomic E-state index is 0.0682. The van der Waals surface area contributed by atoms with Gasteiger partial charge < -0.3 is 10.8 Å². The molecule has 2 aromatic carbocycles. The third-order valence-electron chi connectivity index (χ3n) is 3.02. The van der Waals surface area contributed by atoms with Crippen molar-refractivity contribution in [3.63, 3.8) is 0 Å². The fourth-order valence-electron chi connectivity index (χ4n) is 1.85. The number of anilines is 2. The number of nitrogens with zero attached hydrogens (tertiary/aromatic N) is 1. The number of sulfonamides is 1. The van der Waals surface area contributed by atoms with Crippen LogP contribution in [-0.2, 0) is 10.0 Å². The van der Waals surface area contributed by atoms with Gasteiger partial charge in [-0.25, -0.2) is 8.42 Å². The Balaban J connectivity index is 2.46. The number of hydrogen-bond acceptors (Lipinski definition) is 4. The molecule has 0 amide bonds. The Morgan fingerprint density at radius 3 is 2.25 bits per heavy atom. The van der Waals surface area contributed by atoms with E-state index >= 15 is 0 Å². The maximum Gasteiger partial charge on any atom is 0.266 e. The Morgan fingerprint density at radius 1 is 1.10 bits per heavy atom. The van der Waals surface area contributed by atoms with Gasteiger partial charge in [0.2, 0.25) is 0 Å². The Labute approximate surface area is 118 Å². The van der Waals surface area contributed by atoms with Crippen LogP contribution in [0.4, 0.5) is 11.4 Å². The van der Waals surface area contributed by atoms with Crippen molar-refractivity contribution in [3.8, 4) is 5.75 Å². The second kappa shape index (κ2) is 5.05. The van der Waals surface area contributed by atoms with Gasteiger partial charge in [-0.2, -0.15) is 0 Å². The summed E-state index contributed by atoms with van der Waals surface area (Å²) in [6.07, 6.45) is 0. The molecule has 5 nitrogen and oxygen atoms in total. The summed E-state index contributed by atoms with van der Waals surface area (Å²) in [7, 11) is -2.28. The molecule has 0 aliphatic rings. The lowest BCUT2D eigenvalue weighted by atomic mass is 10.2. The van der Waals surface area contributed by atoms with Gasteiger partial charge in [-0.1, -0.05) is 6.07 Å². The van der Waals surface area contributed by atoms with Crippen LogP contribution in [0.2, 0.25) is 0 Å². The number of hydrogen-bond donors (Lipinski definition) is 2. The molecule has 0 bridgehead atoms. The molecule has 6 heteroatoms. The van der Waals surface area contributed by atoms with E-state index in [9.17, 15) is 13.5 Å². The molecule has 106 valence electrons. The Hall–Kier alpha value is -2.21. The topological polar surface area (TPSA) is 83.6 Å². The van der Waals surface area contributed by atoms with Gasteiger partial charge in [0.1, 0.15) is 10.6 Å². The minimum atomic E-state index is -3.73. The largest absolute Gasteiger partial charge is 0.508 e. The molecule has 0 radical (unpaired) electrons. The van der Waals surface area contributed by atoms with E-state index in [4.69, 9.17) is 5.73 Å². The standard InChI is InChI=1S/C14H16N2O3S/c1-10-3-8-14(13(15)9-10)20(18,19)16(2)11-4-6-12(17)7-5-11/h3-9,17H,15H2,1-2H3. The van der Waals surface area contributed by atoms with Gasteiger partial charge in [0.25, 0.3) is 10.0 Å². The molecule has 0 heterocycles. The second-order valence-corrected chi connectivity index (χ2v) is 6.47. The smallest absolute Gasteiger partial charge is 0.266 e.